The number of anilines is 1. The van der Waals surface area contributed by atoms with Gasteiger partial charge in [-0.2, -0.15) is 0 Å². The molecule has 5 nitrogen and oxygen atoms in total. The highest BCUT2D eigenvalue weighted by atomic mass is 32.2. The molecule has 0 fully saturated rings. The summed E-state index contributed by atoms with van der Waals surface area (Å²) in [4.78, 5) is 11.2. The predicted molar refractivity (Wildman–Crippen MR) is 64.8 cm³/mol. The molecule has 1 N–H and O–H groups in total. The first kappa shape index (κ1) is 13.5. The Morgan fingerprint density at radius 2 is 2.06 bits per heavy atom. The molecule has 0 aliphatic carbocycles. The number of nitrogens with one attached hydrogen (secondary N) is 1. The number of aryl methyl sites for hydroxylation is 1. The lowest BCUT2D eigenvalue weighted by Gasteiger charge is -2.09. The van der Waals surface area contributed by atoms with Crippen LogP contribution in [0.25, 0.3) is 0 Å². The number of benzene rings is 1. The van der Waals surface area contributed by atoms with Gasteiger partial charge in [0.1, 0.15) is 6.54 Å². The van der Waals surface area contributed by atoms with Crippen LogP contribution >= 0.6 is 0 Å². The lowest BCUT2D eigenvalue weighted by Crippen LogP contribution is -2.15. The minimum absolute atomic E-state index is 0.00452. The predicted octanol–water partition coefficient (Wildman–Crippen LogP) is 0.983. The molecule has 0 unspecified atom stereocenters. The maximum atomic E-state index is 11.4. The molecule has 0 bridgehead atoms. The topological polar surface area (TPSA) is 72.5 Å². The van der Waals surface area contributed by atoms with E-state index >= 15 is 0 Å². The molecular formula is C11H15NO4S. The van der Waals surface area contributed by atoms with Gasteiger partial charge in [-0.15, -0.1) is 0 Å². The minimum Gasteiger partial charge on any atom is -0.468 e. The van der Waals surface area contributed by atoms with Crippen molar-refractivity contribution in [2.75, 3.05) is 25.2 Å². The largest absolute Gasteiger partial charge is 0.468 e. The molecule has 94 valence electrons. The van der Waals surface area contributed by atoms with E-state index in [-0.39, 0.29) is 11.4 Å². The summed E-state index contributed by atoms with van der Waals surface area (Å²) in [6.07, 6.45) is 1.14. The van der Waals surface area contributed by atoms with E-state index in [0.29, 0.717) is 5.69 Å². The normalized spacial score (nSPS) is 11.0. The Balaban J connectivity index is 2.96. The Labute approximate surface area is 101 Å². The second-order valence-electron chi connectivity index (χ2n) is 3.68. The molecule has 0 radical (unpaired) electrons. The number of hydrogen-bond donors (Lipinski definition) is 1. The number of rotatable bonds is 4. The Morgan fingerprint density at radius 1 is 1.41 bits per heavy atom. The third-order valence-electron chi connectivity index (χ3n) is 2.29. The van der Waals surface area contributed by atoms with Crippen LogP contribution in [0.5, 0.6) is 0 Å². The molecule has 0 aromatic heterocycles. The Hall–Kier alpha value is -1.56. The van der Waals surface area contributed by atoms with Gasteiger partial charge in [-0.25, -0.2) is 8.42 Å². The van der Waals surface area contributed by atoms with E-state index in [4.69, 9.17) is 0 Å². The van der Waals surface area contributed by atoms with Gasteiger partial charge in [-0.3, -0.25) is 4.79 Å². The molecule has 6 heteroatoms. The second kappa shape index (κ2) is 5.18. The number of carbonyl (C=O) groups is 1. The van der Waals surface area contributed by atoms with Gasteiger partial charge < -0.3 is 10.1 Å². The smallest absolute Gasteiger partial charge is 0.325 e. The van der Waals surface area contributed by atoms with E-state index < -0.39 is 15.8 Å². The quantitative estimate of drug-likeness (QED) is 0.814. The van der Waals surface area contributed by atoms with Gasteiger partial charge >= 0.3 is 5.97 Å². The van der Waals surface area contributed by atoms with Gasteiger partial charge in [0, 0.05) is 11.9 Å². The molecule has 0 heterocycles. The fraction of sp³-hybridized carbons (Fsp3) is 0.364. The first-order valence-electron chi connectivity index (χ1n) is 4.96. The Morgan fingerprint density at radius 3 is 2.59 bits per heavy atom. The number of carbonyl (C=O) groups excluding carboxylic acids is 1. The van der Waals surface area contributed by atoms with E-state index in [1.165, 1.54) is 19.2 Å². The Kier molecular flexibility index (Phi) is 4.11. The summed E-state index contributed by atoms with van der Waals surface area (Å²) in [6.45, 7) is 1.83. The van der Waals surface area contributed by atoms with Crippen molar-refractivity contribution < 1.29 is 17.9 Å². The van der Waals surface area contributed by atoms with Gasteiger partial charge in [0.15, 0.2) is 9.84 Å². The highest BCUT2D eigenvalue weighted by molar-refractivity contribution is 7.90. The van der Waals surface area contributed by atoms with Crippen molar-refractivity contribution in [3.05, 3.63) is 23.8 Å². The van der Waals surface area contributed by atoms with E-state index in [2.05, 4.69) is 10.1 Å². The lowest BCUT2D eigenvalue weighted by molar-refractivity contribution is -0.138. The third kappa shape index (κ3) is 3.74. The van der Waals surface area contributed by atoms with Crippen molar-refractivity contribution in [1.29, 1.82) is 0 Å². The molecule has 0 spiro atoms. The van der Waals surface area contributed by atoms with Crippen LogP contribution in [-0.4, -0.2) is 34.3 Å². The zero-order valence-corrected chi connectivity index (χ0v) is 10.8. The van der Waals surface area contributed by atoms with Crippen LogP contribution in [0.4, 0.5) is 5.69 Å². The van der Waals surface area contributed by atoms with E-state index in [1.54, 1.807) is 6.07 Å². The first-order valence-corrected chi connectivity index (χ1v) is 6.85. The summed E-state index contributed by atoms with van der Waals surface area (Å²) in [5.41, 5.74) is 1.47. The SMILES string of the molecule is COC(=O)CNc1cc(S(C)(=O)=O)ccc1C. The fourth-order valence-electron chi connectivity index (χ4n) is 1.26. The highest BCUT2D eigenvalue weighted by Crippen LogP contribution is 2.19. The van der Waals surface area contributed by atoms with Crippen molar-refractivity contribution in [3.63, 3.8) is 0 Å². The molecule has 0 amide bonds. The minimum atomic E-state index is -3.24. The zero-order chi connectivity index (χ0) is 13.1. The Bertz CT molecular complexity index is 522. The monoisotopic (exact) mass is 257 g/mol. The number of ether oxygens (including phenoxy) is 1. The third-order valence-corrected chi connectivity index (χ3v) is 3.40. The van der Waals surface area contributed by atoms with E-state index in [1.807, 2.05) is 6.92 Å². The van der Waals surface area contributed by atoms with Crippen LogP contribution in [-0.2, 0) is 19.4 Å². The molecular weight excluding hydrogens is 242 g/mol. The summed E-state index contributed by atoms with van der Waals surface area (Å²) in [7, 11) is -1.95. The molecule has 1 rings (SSSR count). The standard InChI is InChI=1S/C11H15NO4S/c1-8-4-5-9(17(3,14)15)6-10(8)12-7-11(13)16-2/h4-6,12H,7H2,1-3H3. The number of hydrogen-bond acceptors (Lipinski definition) is 5. The second-order valence-corrected chi connectivity index (χ2v) is 5.69. The van der Waals surface area contributed by atoms with Crippen molar-refractivity contribution in [2.45, 2.75) is 11.8 Å². The van der Waals surface area contributed by atoms with E-state index in [0.717, 1.165) is 11.8 Å². The fourth-order valence-corrected chi connectivity index (χ4v) is 1.91. The average molecular weight is 257 g/mol. The van der Waals surface area contributed by atoms with Crippen molar-refractivity contribution in [2.24, 2.45) is 0 Å². The van der Waals surface area contributed by atoms with Gasteiger partial charge in [0.05, 0.1) is 12.0 Å². The van der Waals surface area contributed by atoms with Crippen LogP contribution in [0, 0.1) is 6.92 Å². The average Bonchev–Trinajstić information content (AvgIpc) is 2.26. The van der Waals surface area contributed by atoms with Gasteiger partial charge in [-0.1, -0.05) is 6.07 Å². The summed E-state index contributed by atoms with van der Waals surface area (Å²) in [5.74, 6) is -0.408. The highest BCUT2D eigenvalue weighted by Gasteiger charge is 2.10. The lowest BCUT2D eigenvalue weighted by atomic mass is 10.2. The molecule has 17 heavy (non-hydrogen) atoms. The van der Waals surface area contributed by atoms with Crippen LogP contribution in [0.1, 0.15) is 5.56 Å². The molecule has 1 aromatic rings. The molecule has 0 saturated carbocycles. The summed E-state index contributed by atoms with van der Waals surface area (Å²) in [6, 6.07) is 4.73. The van der Waals surface area contributed by atoms with Crippen LogP contribution in [0.3, 0.4) is 0 Å². The maximum absolute atomic E-state index is 11.4. The summed E-state index contributed by atoms with van der Waals surface area (Å²) < 4.78 is 27.2. The van der Waals surface area contributed by atoms with Crippen molar-refractivity contribution >= 4 is 21.5 Å². The van der Waals surface area contributed by atoms with Crippen molar-refractivity contribution in [3.8, 4) is 0 Å². The number of esters is 1. The molecule has 1 aromatic carbocycles. The zero-order valence-electron chi connectivity index (χ0n) is 9.98. The van der Waals surface area contributed by atoms with Gasteiger partial charge in [0.25, 0.3) is 0 Å². The van der Waals surface area contributed by atoms with Crippen molar-refractivity contribution in [1.82, 2.24) is 0 Å². The first-order chi connectivity index (χ1) is 7.84. The number of sulfone groups is 1. The number of methoxy groups -OCH3 is 1. The van der Waals surface area contributed by atoms with Gasteiger partial charge in [-0.05, 0) is 24.6 Å². The summed E-state index contributed by atoms with van der Waals surface area (Å²) >= 11 is 0. The van der Waals surface area contributed by atoms with Crippen LogP contribution in [0.15, 0.2) is 23.1 Å². The maximum Gasteiger partial charge on any atom is 0.325 e. The molecule has 0 saturated heterocycles. The molecule has 0 atom stereocenters. The summed E-state index contributed by atoms with van der Waals surface area (Å²) in [5, 5.41) is 2.84. The molecule has 0 aliphatic heterocycles. The van der Waals surface area contributed by atoms with Crippen LogP contribution < -0.4 is 5.32 Å². The molecule has 0 aliphatic rings. The van der Waals surface area contributed by atoms with Gasteiger partial charge in [0.2, 0.25) is 0 Å². The van der Waals surface area contributed by atoms with Crippen LogP contribution in [0.2, 0.25) is 0 Å². The van der Waals surface area contributed by atoms with E-state index in [9.17, 15) is 13.2 Å².